The van der Waals surface area contributed by atoms with Crippen molar-refractivity contribution in [3.8, 4) is 0 Å². The zero-order valence-electron chi connectivity index (χ0n) is 16.9. The van der Waals surface area contributed by atoms with Gasteiger partial charge in [0, 0.05) is 25.1 Å². The highest BCUT2D eigenvalue weighted by Gasteiger charge is 2.19. The lowest BCUT2D eigenvalue weighted by Gasteiger charge is -2.11. The van der Waals surface area contributed by atoms with Crippen molar-refractivity contribution >= 4 is 15.9 Å². The van der Waals surface area contributed by atoms with Crippen LogP contribution in [0.1, 0.15) is 39.6 Å². The summed E-state index contributed by atoms with van der Waals surface area (Å²) in [6, 6.07) is 13.9. The molecule has 9 heteroatoms. The molecule has 3 rings (SSSR count). The van der Waals surface area contributed by atoms with E-state index in [1.807, 2.05) is 30.3 Å². The minimum absolute atomic E-state index is 0.0902. The second-order valence-electron chi connectivity index (χ2n) is 6.89. The summed E-state index contributed by atoms with van der Waals surface area (Å²) in [6.07, 6.45) is 1.18. The Balaban J connectivity index is 1.61. The second-order valence-corrected chi connectivity index (χ2v) is 8.62. The van der Waals surface area contributed by atoms with E-state index < -0.39 is 10.0 Å². The molecule has 3 aromatic rings. The normalized spacial score (nSPS) is 11.4. The van der Waals surface area contributed by atoms with Gasteiger partial charge in [-0.25, -0.2) is 13.1 Å². The first-order valence-corrected chi connectivity index (χ1v) is 11.0. The van der Waals surface area contributed by atoms with Crippen molar-refractivity contribution in [2.45, 2.75) is 38.1 Å². The van der Waals surface area contributed by atoms with Crippen LogP contribution in [0.2, 0.25) is 0 Å². The molecule has 0 aliphatic rings. The van der Waals surface area contributed by atoms with E-state index in [4.69, 9.17) is 4.52 Å². The molecule has 0 saturated heterocycles. The topological polar surface area (TPSA) is 114 Å². The summed E-state index contributed by atoms with van der Waals surface area (Å²) in [5, 5.41) is 6.51. The highest BCUT2D eigenvalue weighted by molar-refractivity contribution is 7.89. The maximum absolute atomic E-state index is 12.8. The lowest BCUT2D eigenvalue weighted by Crippen LogP contribution is -2.27. The number of nitrogens with zero attached hydrogens (tertiary/aromatic N) is 2. The molecule has 0 radical (unpaired) electrons. The molecule has 0 bridgehead atoms. The Kier molecular flexibility index (Phi) is 6.96. The number of aryl methyl sites for hydroxylation is 3. The zero-order chi connectivity index (χ0) is 21.6. The van der Waals surface area contributed by atoms with Gasteiger partial charge in [-0.15, -0.1) is 0 Å². The van der Waals surface area contributed by atoms with Crippen molar-refractivity contribution in [1.82, 2.24) is 20.2 Å². The number of sulfonamides is 1. The van der Waals surface area contributed by atoms with Gasteiger partial charge in [-0.3, -0.25) is 4.79 Å². The monoisotopic (exact) mass is 428 g/mol. The average Bonchev–Trinajstić information content (AvgIpc) is 3.15. The number of benzene rings is 2. The molecule has 30 heavy (non-hydrogen) atoms. The third-order valence-corrected chi connectivity index (χ3v) is 6.01. The van der Waals surface area contributed by atoms with Gasteiger partial charge in [-0.05, 0) is 43.5 Å². The fourth-order valence-corrected chi connectivity index (χ4v) is 4.15. The van der Waals surface area contributed by atoms with Crippen LogP contribution in [0.4, 0.5) is 0 Å². The molecule has 2 N–H and O–H groups in total. The molecule has 0 saturated carbocycles. The second kappa shape index (κ2) is 9.64. The maximum Gasteiger partial charge on any atom is 0.251 e. The Morgan fingerprint density at radius 3 is 2.57 bits per heavy atom. The Morgan fingerprint density at radius 2 is 1.87 bits per heavy atom. The van der Waals surface area contributed by atoms with Crippen molar-refractivity contribution < 1.29 is 17.7 Å². The molecule has 158 valence electrons. The molecular formula is C21H24N4O4S. The van der Waals surface area contributed by atoms with Crippen LogP contribution >= 0.6 is 0 Å². The van der Waals surface area contributed by atoms with Crippen LogP contribution in [0.5, 0.6) is 0 Å². The summed E-state index contributed by atoms with van der Waals surface area (Å²) in [7, 11) is -3.76. The predicted octanol–water partition coefficient (Wildman–Crippen LogP) is 2.53. The van der Waals surface area contributed by atoms with E-state index in [0.29, 0.717) is 36.7 Å². The third kappa shape index (κ3) is 5.74. The number of nitrogens with one attached hydrogen (secondary N) is 2. The molecular weight excluding hydrogens is 404 g/mol. The van der Waals surface area contributed by atoms with E-state index in [1.54, 1.807) is 26.0 Å². The Labute approximate surface area is 175 Å². The highest BCUT2D eigenvalue weighted by atomic mass is 32.2. The van der Waals surface area contributed by atoms with Crippen molar-refractivity contribution in [3.63, 3.8) is 0 Å². The summed E-state index contributed by atoms with van der Waals surface area (Å²) in [5.41, 5.74) is 1.71. The highest BCUT2D eigenvalue weighted by Crippen LogP contribution is 2.18. The van der Waals surface area contributed by atoms with Gasteiger partial charge >= 0.3 is 0 Å². The van der Waals surface area contributed by atoms with E-state index in [1.165, 1.54) is 6.07 Å². The maximum atomic E-state index is 12.8. The van der Waals surface area contributed by atoms with Gasteiger partial charge in [-0.2, -0.15) is 4.98 Å². The van der Waals surface area contributed by atoms with Gasteiger partial charge in [0.1, 0.15) is 0 Å². The van der Waals surface area contributed by atoms with Crippen molar-refractivity contribution in [2.24, 2.45) is 0 Å². The fourth-order valence-electron chi connectivity index (χ4n) is 2.87. The third-order valence-electron chi connectivity index (χ3n) is 4.47. The van der Waals surface area contributed by atoms with Gasteiger partial charge in [0.25, 0.3) is 5.91 Å². The van der Waals surface area contributed by atoms with Gasteiger partial charge in [0.2, 0.25) is 15.9 Å². The number of amides is 1. The minimum Gasteiger partial charge on any atom is -0.352 e. The van der Waals surface area contributed by atoms with Gasteiger partial charge in [0.15, 0.2) is 5.82 Å². The summed E-state index contributed by atoms with van der Waals surface area (Å²) in [6.45, 7) is 4.02. The predicted molar refractivity (Wildman–Crippen MR) is 111 cm³/mol. The zero-order valence-corrected chi connectivity index (χ0v) is 17.7. The first kappa shape index (κ1) is 21.7. The van der Waals surface area contributed by atoms with Crippen molar-refractivity contribution in [3.05, 3.63) is 76.9 Å². The van der Waals surface area contributed by atoms with Crippen LogP contribution in [0.15, 0.2) is 57.9 Å². The van der Waals surface area contributed by atoms with Crippen LogP contribution in [-0.4, -0.2) is 31.0 Å². The summed E-state index contributed by atoms with van der Waals surface area (Å²) >= 11 is 0. The van der Waals surface area contributed by atoms with Crippen LogP contribution < -0.4 is 10.0 Å². The lowest BCUT2D eigenvalue weighted by atomic mass is 10.1. The van der Waals surface area contributed by atoms with Gasteiger partial charge in [0.05, 0.1) is 4.90 Å². The number of carbonyl (C=O) groups is 1. The number of hydrogen-bond donors (Lipinski definition) is 2. The molecule has 0 spiro atoms. The van der Waals surface area contributed by atoms with Crippen LogP contribution in [0.25, 0.3) is 0 Å². The van der Waals surface area contributed by atoms with Crippen LogP contribution in [-0.2, 0) is 23.0 Å². The number of hydrogen-bond acceptors (Lipinski definition) is 6. The van der Waals surface area contributed by atoms with Gasteiger partial charge < -0.3 is 9.84 Å². The molecule has 0 aliphatic heterocycles. The SMILES string of the molecule is Cc1noc(CCCNC(=O)c2ccc(C)c(S(=O)(=O)NCc3ccccc3)c2)n1. The van der Waals surface area contributed by atoms with Crippen LogP contribution in [0.3, 0.4) is 0 Å². The molecule has 0 atom stereocenters. The molecule has 8 nitrogen and oxygen atoms in total. The fraction of sp³-hybridized carbons (Fsp3) is 0.286. The summed E-state index contributed by atoms with van der Waals surface area (Å²) in [5.74, 6) is 0.759. The number of carbonyl (C=O) groups excluding carboxylic acids is 1. The molecule has 0 fully saturated rings. The Bertz CT molecular complexity index is 1110. The first-order chi connectivity index (χ1) is 14.3. The molecule has 1 amide bonds. The average molecular weight is 429 g/mol. The van der Waals surface area contributed by atoms with Gasteiger partial charge in [-0.1, -0.05) is 41.6 Å². The summed E-state index contributed by atoms with van der Waals surface area (Å²) < 4.78 is 33.1. The molecule has 0 unspecified atom stereocenters. The molecule has 1 aromatic heterocycles. The van der Waals surface area contributed by atoms with Crippen molar-refractivity contribution in [2.75, 3.05) is 6.54 Å². The van der Waals surface area contributed by atoms with E-state index in [2.05, 4.69) is 20.2 Å². The summed E-state index contributed by atoms with van der Waals surface area (Å²) in [4.78, 5) is 16.7. The standard InChI is InChI=1S/C21H24N4O4S/c1-15-10-11-18(21(26)22-12-6-9-20-24-16(2)25-29-20)13-19(15)30(27,28)23-14-17-7-4-3-5-8-17/h3-5,7-8,10-11,13,23H,6,9,12,14H2,1-2H3,(H,22,26). The lowest BCUT2D eigenvalue weighted by molar-refractivity contribution is 0.0952. The minimum atomic E-state index is -3.76. The quantitative estimate of drug-likeness (QED) is 0.506. The molecule has 1 heterocycles. The largest absolute Gasteiger partial charge is 0.352 e. The first-order valence-electron chi connectivity index (χ1n) is 9.57. The van der Waals surface area contributed by atoms with E-state index in [0.717, 1.165) is 5.56 Å². The number of rotatable bonds is 9. The number of aromatic nitrogens is 2. The van der Waals surface area contributed by atoms with Crippen molar-refractivity contribution in [1.29, 1.82) is 0 Å². The van der Waals surface area contributed by atoms with E-state index in [9.17, 15) is 13.2 Å². The Hall–Kier alpha value is -3.04. The molecule has 2 aromatic carbocycles. The Morgan fingerprint density at radius 1 is 1.10 bits per heavy atom. The van der Waals surface area contributed by atoms with E-state index >= 15 is 0 Å². The molecule has 0 aliphatic carbocycles. The van der Waals surface area contributed by atoms with E-state index in [-0.39, 0.29) is 22.9 Å². The van der Waals surface area contributed by atoms with Crippen LogP contribution in [0, 0.1) is 13.8 Å². The smallest absolute Gasteiger partial charge is 0.251 e.